The Bertz CT molecular complexity index is 847. The van der Waals surface area contributed by atoms with Crippen molar-refractivity contribution in [1.29, 1.82) is 0 Å². The lowest BCUT2D eigenvalue weighted by Gasteiger charge is -2.13. The number of nitrogens with one attached hydrogen (secondary N) is 1. The largest absolute Gasteiger partial charge is 0.350 e. The molecule has 0 spiro atoms. The summed E-state index contributed by atoms with van der Waals surface area (Å²) in [5.41, 5.74) is 7.67. The third-order valence-corrected chi connectivity index (χ3v) is 3.82. The van der Waals surface area contributed by atoms with E-state index in [1.54, 1.807) is 30.5 Å². The van der Waals surface area contributed by atoms with Gasteiger partial charge in [0.1, 0.15) is 5.82 Å². The molecule has 0 saturated carbocycles. The van der Waals surface area contributed by atoms with E-state index >= 15 is 0 Å². The highest BCUT2D eigenvalue weighted by Crippen LogP contribution is 2.20. The number of aromatic nitrogens is 2. The molecule has 1 aromatic carbocycles. The minimum absolute atomic E-state index is 0.215. The lowest BCUT2D eigenvalue weighted by atomic mass is 10.1. The number of hydrogen-bond donors (Lipinski definition) is 2. The Hall–Kier alpha value is -2.44. The average Bonchev–Trinajstić information content (AvgIpc) is 2.98. The van der Waals surface area contributed by atoms with Crippen LogP contribution in [-0.2, 0) is 0 Å². The molecule has 0 fully saturated rings. The topological polar surface area (TPSA) is 72.4 Å². The maximum absolute atomic E-state index is 12.9. The Balaban J connectivity index is 1.72. The van der Waals surface area contributed by atoms with Crippen LogP contribution in [0.25, 0.3) is 5.52 Å². The first-order chi connectivity index (χ1) is 11.1. The quantitative estimate of drug-likeness (QED) is 0.771. The third-order valence-electron chi connectivity index (χ3n) is 3.52. The fraction of sp³-hybridized carbons (Fsp3) is 0.125. The normalized spacial score (nSPS) is 12.3. The lowest BCUT2D eigenvalue weighted by Crippen LogP contribution is -2.31. The smallest absolute Gasteiger partial charge is 0.255 e. The number of benzene rings is 1. The molecule has 0 aliphatic carbocycles. The zero-order valence-electron chi connectivity index (χ0n) is 12.0. The summed E-state index contributed by atoms with van der Waals surface area (Å²) in [5, 5.41) is 7.28. The first-order valence-electron chi connectivity index (χ1n) is 6.97. The summed E-state index contributed by atoms with van der Waals surface area (Å²) in [6.07, 6.45) is 3.17. The molecule has 1 unspecified atom stereocenters. The van der Waals surface area contributed by atoms with Crippen LogP contribution in [0.5, 0.6) is 0 Å². The maximum atomic E-state index is 12.9. The van der Waals surface area contributed by atoms with Crippen LogP contribution in [0, 0.1) is 5.82 Å². The van der Waals surface area contributed by atoms with Gasteiger partial charge in [-0.3, -0.25) is 4.79 Å². The molecule has 0 aliphatic heterocycles. The second-order valence-electron chi connectivity index (χ2n) is 5.08. The van der Waals surface area contributed by atoms with Gasteiger partial charge in [0.15, 0.2) is 0 Å². The minimum atomic E-state index is -0.433. The number of halogens is 2. The number of rotatable bonds is 4. The van der Waals surface area contributed by atoms with Crippen molar-refractivity contribution in [2.24, 2.45) is 5.73 Å². The monoisotopic (exact) mass is 332 g/mol. The van der Waals surface area contributed by atoms with E-state index in [1.165, 1.54) is 22.8 Å². The summed E-state index contributed by atoms with van der Waals surface area (Å²) in [4.78, 5) is 12.3. The van der Waals surface area contributed by atoms with Crippen LogP contribution in [0.2, 0.25) is 5.02 Å². The second-order valence-corrected chi connectivity index (χ2v) is 5.48. The van der Waals surface area contributed by atoms with Gasteiger partial charge in [-0.05, 0) is 29.8 Å². The minimum Gasteiger partial charge on any atom is -0.350 e. The molecule has 0 radical (unpaired) electrons. The Morgan fingerprint density at radius 3 is 2.83 bits per heavy atom. The van der Waals surface area contributed by atoms with Gasteiger partial charge in [0, 0.05) is 18.8 Å². The van der Waals surface area contributed by atoms with Gasteiger partial charge in [0.05, 0.1) is 22.3 Å². The van der Waals surface area contributed by atoms with E-state index in [0.717, 1.165) is 5.56 Å². The maximum Gasteiger partial charge on any atom is 0.255 e. The van der Waals surface area contributed by atoms with Gasteiger partial charge in [0.2, 0.25) is 0 Å². The van der Waals surface area contributed by atoms with Gasteiger partial charge < -0.3 is 11.1 Å². The molecular formula is C16H14ClFN4O. The zero-order valence-corrected chi connectivity index (χ0v) is 12.8. The van der Waals surface area contributed by atoms with Gasteiger partial charge in [-0.1, -0.05) is 23.7 Å². The van der Waals surface area contributed by atoms with Crippen LogP contribution < -0.4 is 11.1 Å². The van der Waals surface area contributed by atoms with E-state index in [9.17, 15) is 9.18 Å². The highest BCUT2D eigenvalue weighted by Gasteiger charge is 2.16. The molecule has 2 aromatic heterocycles. The summed E-state index contributed by atoms with van der Waals surface area (Å²) >= 11 is 6.12. The Morgan fingerprint density at radius 1 is 1.35 bits per heavy atom. The first-order valence-corrected chi connectivity index (χ1v) is 7.35. The Kier molecular flexibility index (Phi) is 4.27. The number of fused-ring (bicyclic) bond motifs is 1. The zero-order chi connectivity index (χ0) is 16.4. The number of carbonyl (C=O) groups is 1. The molecule has 5 nitrogen and oxygen atoms in total. The Labute approximate surface area is 136 Å². The van der Waals surface area contributed by atoms with Gasteiger partial charge in [-0.15, -0.1) is 0 Å². The van der Waals surface area contributed by atoms with Crippen LogP contribution in [0.1, 0.15) is 22.0 Å². The van der Waals surface area contributed by atoms with E-state index < -0.39 is 6.04 Å². The second kappa shape index (κ2) is 6.36. The van der Waals surface area contributed by atoms with Crippen molar-refractivity contribution < 1.29 is 9.18 Å². The molecular weight excluding hydrogens is 319 g/mol. The molecule has 1 atom stereocenters. The van der Waals surface area contributed by atoms with E-state index in [1.807, 2.05) is 0 Å². The standard InChI is InChI=1S/C16H14ClFN4O/c17-13-2-1-7-22-15(13)12(8-21-22)16(23)20-9-14(19)10-3-5-11(18)6-4-10/h1-8,14H,9,19H2,(H,20,23). The van der Waals surface area contributed by atoms with Crippen molar-refractivity contribution in [1.82, 2.24) is 14.9 Å². The number of nitrogens with zero attached hydrogens (tertiary/aromatic N) is 2. The molecule has 2 heterocycles. The van der Waals surface area contributed by atoms with Crippen LogP contribution in [-0.4, -0.2) is 22.1 Å². The average molecular weight is 333 g/mol. The molecule has 0 saturated heterocycles. The van der Waals surface area contributed by atoms with Crippen LogP contribution >= 0.6 is 11.6 Å². The summed E-state index contributed by atoms with van der Waals surface area (Å²) < 4.78 is 14.4. The van der Waals surface area contributed by atoms with Crippen LogP contribution in [0.4, 0.5) is 4.39 Å². The lowest BCUT2D eigenvalue weighted by molar-refractivity contribution is 0.0953. The van der Waals surface area contributed by atoms with E-state index in [-0.39, 0.29) is 18.3 Å². The summed E-state index contributed by atoms with van der Waals surface area (Å²) in [5.74, 6) is -0.642. The van der Waals surface area contributed by atoms with Gasteiger partial charge >= 0.3 is 0 Å². The molecule has 118 valence electrons. The van der Waals surface area contributed by atoms with Gasteiger partial charge in [0.25, 0.3) is 5.91 Å². The summed E-state index contributed by atoms with van der Waals surface area (Å²) in [7, 11) is 0. The van der Waals surface area contributed by atoms with E-state index in [0.29, 0.717) is 16.1 Å². The Morgan fingerprint density at radius 2 is 2.09 bits per heavy atom. The van der Waals surface area contributed by atoms with Crippen molar-refractivity contribution in [2.45, 2.75) is 6.04 Å². The van der Waals surface area contributed by atoms with Crippen molar-refractivity contribution in [2.75, 3.05) is 6.54 Å². The predicted octanol–water partition coefficient (Wildman–Crippen LogP) is 2.56. The van der Waals surface area contributed by atoms with Crippen molar-refractivity contribution in [3.05, 3.63) is 70.8 Å². The molecule has 7 heteroatoms. The molecule has 1 amide bonds. The SMILES string of the molecule is NC(CNC(=O)c1cnn2cccc(Cl)c12)c1ccc(F)cc1. The number of amides is 1. The molecule has 0 aliphatic rings. The first kappa shape index (κ1) is 15.5. The van der Waals surface area contributed by atoms with E-state index in [2.05, 4.69) is 10.4 Å². The van der Waals surface area contributed by atoms with Crippen molar-refractivity contribution in [3.63, 3.8) is 0 Å². The molecule has 0 bridgehead atoms. The number of pyridine rings is 1. The molecule has 3 aromatic rings. The van der Waals surface area contributed by atoms with Crippen molar-refractivity contribution >= 4 is 23.0 Å². The predicted molar refractivity (Wildman–Crippen MR) is 85.9 cm³/mol. The highest BCUT2D eigenvalue weighted by molar-refractivity contribution is 6.34. The third kappa shape index (κ3) is 3.18. The summed E-state index contributed by atoms with van der Waals surface area (Å²) in [6.45, 7) is 0.215. The number of carbonyl (C=O) groups excluding carboxylic acids is 1. The summed E-state index contributed by atoms with van der Waals surface area (Å²) in [6, 6.07) is 8.87. The molecule has 23 heavy (non-hydrogen) atoms. The number of hydrogen-bond acceptors (Lipinski definition) is 3. The van der Waals surface area contributed by atoms with E-state index in [4.69, 9.17) is 17.3 Å². The van der Waals surface area contributed by atoms with Gasteiger partial charge in [-0.25, -0.2) is 8.91 Å². The van der Waals surface area contributed by atoms with Crippen molar-refractivity contribution in [3.8, 4) is 0 Å². The fourth-order valence-corrected chi connectivity index (χ4v) is 2.55. The van der Waals surface area contributed by atoms with Gasteiger partial charge in [-0.2, -0.15) is 5.10 Å². The number of nitrogens with two attached hydrogens (primary N) is 1. The highest BCUT2D eigenvalue weighted by atomic mass is 35.5. The fourth-order valence-electron chi connectivity index (χ4n) is 2.29. The van der Waals surface area contributed by atoms with Crippen LogP contribution in [0.3, 0.4) is 0 Å². The molecule has 3 N–H and O–H groups in total. The molecule has 3 rings (SSSR count). The van der Waals surface area contributed by atoms with Crippen LogP contribution in [0.15, 0.2) is 48.8 Å².